The van der Waals surface area contributed by atoms with Crippen LogP contribution in [0.1, 0.15) is 0 Å². The molecule has 0 aliphatic rings. The summed E-state index contributed by atoms with van der Waals surface area (Å²) in [5.41, 5.74) is 0. The van der Waals surface area contributed by atoms with Crippen LogP contribution in [0.5, 0.6) is 0 Å². The van der Waals surface area contributed by atoms with E-state index >= 15 is 0 Å². The van der Waals surface area contributed by atoms with Crippen LogP contribution < -0.4 is 67.9 Å². The minimum absolute atomic E-state index is 0. The molecule has 0 amide bonds. The van der Waals surface area contributed by atoms with E-state index in [2.05, 4.69) is 0 Å². The van der Waals surface area contributed by atoms with Crippen LogP contribution >= 0.6 is 0 Å². The van der Waals surface area contributed by atoms with Gasteiger partial charge in [0.05, 0.1) is 0 Å². The topological polar surface area (TPSA) is 0 Å². The van der Waals surface area contributed by atoms with E-state index in [1.165, 1.54) is 0 Å². The molecule has 0 atom stereocenters. The Morgan fingerprint density at radius 3 is 0.400 bits per heavy atom. The summed E-state index contributed by atoms with van der Waals surface area (Å²) < 4.78 is 0. The van der Waals surface area contributed by atoms with E-state index in [0.717, 1.165) is 0 Å². The fourth-order valence-corrected chi connectivity index (χ4v) is 0. The van der Waals surface area contributed by atoms with Crippen LogP contribution in [0.15, 0.2) is 0 Å². The normalized spacial score (nSPS) is 0. The van der Waals surface area contributed by atoms with E-state index in [-0.39, 0.29) is 94.5 Å². The van der Waals surface area contributed by atoms with E-state index in [1.807, 2.05) is 0 Å². The van der Waals surface area contributed by atoms with Crippen LogP contribution in [0.3, 0.4) is 0 Å². The first-order valence-electron chi connectivity index (χ1n) is 0. The van der Waals surface area contributed by atoms with Crippen LogP contribution in [0, 0.1) is 0 Å². The molecule has 2 radical (unpaired) electrons. The van der Waals surface area contributed by atoms with E-state index in [1.54, 1.807) is 0 Å². The number of hydrogen-bond acceptors (Lipinski definition) is 0. The zero-order valence-corrected chi connectivity index (χ0v) is 11.4. The second-order valence-electron chi connectivity index (χ2n) is 0. The molecule has 5 heteroatoms. The third kappa shape index (κ3) is 19.9. The standard InChI is InChI=1S/4BrH.Po/h4*1H;/p-4. The second-order valence-corrected chi connectivity index (χ2v) is 0. The summed E-state index contributed by atoms with van der Waals surface area (Å²) in [6, 6.07) is 0. The molecular weight excluding hydrogens is 529 g/mol. The minimum atomic E-state index is 0. The van der Waals surface area contributed by atoms with Crippen molar-refractivity contribution in [2.75, 3.05) is 0 Å². The predicted octanol–water partition coefficient (Wildman–Crippen LogP) is -12.4. The molecule has 0 aliphatic heterocycles. The maximum atomic E-state index is 0. The Labute approximate surface area is 93.0 Å². The maximum absolute atomic E-state index is 0. The summed E-state index contributed by atoms with van der Waals surface area (Å²) in [4.78, 5) is 0. The van der Waals surface area contributed by atoms with Crippen molar-refractivity contribution < 1.29 is 67.9 Å². The predicted molar refractivity (Wildman–Crippen MR) is 5.75 cm³/mol. The zero-order chi connectivity index (χ0) is 0. The van der Waals surface area contributed by atoms with Crippen molar-refractivity contribution in [3.05, 3.63) is 0 Å². The molecule has 0 bridgehead atoms. The fraction of sp³-hybridized carbons (Fsp3) is 0. The van der Waals surface area contributed by atoms with E-state index in [0.29, 0.717) is 0 Å². The van der Waals surface area contributed by atoms with Crippen molar-refractivity contribution in [2.24, 2.45) is 0 Å². The van der Waals surface area contributed by atoms with Gasteiger partial charge in [0.2, 0.25) is 0 Å². The van der Waals surface area contributed by atoms with Gasteiger partial charge in [-0.2, -0.15) is 0 Å². The van der Waals surface area contributed by atoms with Gasteiger partial charge in [0.15, 0.2) is 0 Å². The van der Waals surface area contributed by atoms with Gasteiger partial charge >= 0.3 is 0 Å². The third-order valence-electron chi connectivity index (χ3n) is 0. The molecule has 0 aromatic heterocycles. The Kier molecular flexibility index (Phi) is 266. The summed E-state index contributed by atoms with van der Waals surface area (Å²) in [5, 5.41) is 0. The van der Waals surface area contributed by atoms with Gasteiger partial charge in [-0.05, 0) is 0 Å². The van der Waals surface area contributed by atoms with Gasteiger partial charge in [-0.15, -0.1) is 0 Å². The van der Waals surface area contributed by atoms with Crippen molar-refractivity contribution in [2.45, 2.75) is 0 Å². The van der Waals surface area contributed by atoms with Crippen molar-refractivity contribution in [3.8, 4) is 0 Å². The molecule has 5 heavy (non-hydrogen) atoms. The van der Waals surface area contributed by atoms with Crippen molar-refractivity contribution >= 4 is 26.6 Å². The molecule has 38 valence electrons. The molecule has 0 saturated heterocycles. The molecule has 0 fully saturated rings. The van der Waals surface area contributed by atoms with Gasteiger partial charge in [0.1, 0.15) is 0 Å². The largest absolute Gasteiger partial charge is 1.00 e. The Morgan fingerprint density at radius 1 is 0.400 bits per heavy atom. The van der Waals surface area contributed by atoms with Crippen molar-refractivity contribution in [3.63, 3.8) is 0 Å². The summed E-state index contributed by atoms with van der Waals surface area (Å²) >= 11 is 0. The number of rotatable bonds is 0. The smallest absolute Gasteiger partial charge is 0 e. The zero-order valence-electron chi connectivity index (χ0n) is 1.92. The first kappa shape index (κ1) is 45.8. The molecule has 0 saturated carbocycles. The Hall–Kier alpha value is 2.82. The Balaban J connectivity index is 0. The number of halogens is 4. The molecule has 0 spiro atoms. The van der Waals surface area contributed by atoms with Crippen LogP contribution in [-0.4, -0.2) is 26.6 Å². The SMILES string of the molecule is [Br-].[Br-].[Br-].[Br-].[Po]. The van der Waals surface area contributed by atoms with Gasteiger partial charge in [0, 0.05) is 26.6 Å². The Bertz CT molecular complexity index is 3.61. The fourth-order valence-electron chi connectivity index (χ4n) is 0. The molecule has 0 nitrogen and oxygen atoms in total. The van der Waals surface area contributed by atoms with E-state index in [9.17, 15) is 0 Å². The summed E-state index contributed by atoms with van der Waals surface area (Å²) in [7, 11) is 0. The molecule has 0 unspecified atom stereocenters. The van der Waals surface area contributed by atoms with Gasteiger partial charge < -0.3 is 67.9 Å². The van der Waals surface area contributed by atoms with Crippen LogP contribution in [0.4, 0.5) is 0 Å². The first-order valence-corrected chi connectivity index (χ1v) is 0. The summed E-state index contributed by atoms with van der Waals surface area (Å²) in [6.07, 6.45) is 0. The van der Waals surface area contributed by atoms with Gasteiger partial charge in [-0.3, -0.25) is 0 Å². The molecule has 0 N–H and O–H groups in total. The quantitative estimate of drug-likeness (QED) is 0.293. The molecule has 0 aromatic carbocycles. The average molecular weight is 529 g/mol. The second kappa shape index (κ2) is 29.1. The van der Waals surface area contributed by atoms with Crippen molar-refractivity contribution in [1.29, 1.82) is 0 Å². The summed E-state index contributed by atoms with van der Waals surface area (Å²) in [5.74, 6) is 0. The minimum Gasteiger partial charge on any atom is -1.00 e. The molecule has 0 aromatic rings. The molecular formula is Br4Po-4. The first-order chi connectivity index (χ1) is 0. The van der Waals surface area contributed by atoms with Crippen LogP contribution in [-0.2, 0) is 0 Å². The molecule has 0 aliphatic carbocycles. The third-order valence-corrected chi connectivity index (χ3v) is 0. The van der Waals surface area contributed by atoms with E-state index < -0.39 is 0 Å². The summed E-state index contributed by atoms with van der Waals surface area (Å²) in [6.45, 7) is 0. The monoisotopic (exact) mass is 525 g/mol. The molecule has 0 heterocycles. The van der Waals surface area contributed by atoms with E-state index in [4.69, 9.17) is 0 Å². The van der Waals surface area contributed by atoms with Gasteiger partial charge in [-0.25, -0.2) is 0 Å². The molecule has 0 rings (SSSR count). The number of hydrogen-bond donors (Lipinski definition) is 0. The van der Waals surface area contributed by atoms with Gasteiger partial charge in [-0.1, -0.05) is 0 Å². The Morgan fingerprint density at radius 2 is 0.400 bits per heavy atom. The van der Waals surface area contributed by atoms with Crippen LogP contribution in [0.2, 0.25) is 0 Å². The maximum Gasteiger partial charge on any atom is 0 e. The average Bonchev–Trinajstić information content (AvgIpc) is 0. The van der Waals surface area contributed by atoms with Crippen LogP contribution in [0.25, 0.3) is 0 Å². The van der Waals surface area contributed by atoms with Gasteiger partial charge in [0.25, 0.3) is 0 Å². The van der Waals surface area contributed by atoms with Crippen molar-refractivity contribution in [1.82, 2.24) is 0 Å².